The van der Waals surface area contributed by atoms with Crippen molar-refractivity contribution in [3.63, 3.8) is 0 Å². The molecule has 1 atom stereocenters. The summed E-state index contributed by atoms with van der Waals surface area (Å²) in [7, 11) is 0. The third kappa shape index (κ3) is 3.05. The third-order valence-corrected chi connectivity index (χ3v) is 5.13. The maximum atomic E-state index is 3.71. The Hall–Kier alpha value is 0.140. The fourth-order valence-corrected chi connectivity index (χ4v) is 3.93. The highest BCUT2D eigenvalue weighted by Gasteiger charge is 2.26. The molecule has 1 aliphatic rings. The van der Waals surface area contributed by atoms with E-state index >= 15 is 0 Å². The van der Waals surface area contributed by atoms with Crippen molar-refractivity contribution in [1.29, 1.82) is 0 Å². The number of hydrogen-bond acceptors (Lipinski definition) is 2. The van der Waals surface area contributed by atoms with E-state index in [1.165, 1.54) is 41.6 Å². The number of rotatable bonds is 2. The van der Waals surface area contributed by atoms with E-state index in [-0.39, 0.29) is 0 Å². The van der Waals surface area contributed by atoms with Gasteiger partial charge in [-0.25, -0.2) is 0 Å². The van der Waals surface area contributed by atoms with Crippen molar-refractivity contribution in [2.24, 2.45) is 0 Å². The lowest BCUT2D eigenvalue weighted by Crippen LogP contribution is -2.43. The quantitative estimate of drug-likeness (QED) is 0.868. The number of hydrogen-bond donors (Lipinski definition) is 1. The SMILES string of the molecule is CC1(Cc2sccc2Br)CCCCCN1. The molecule has 1 fully saturated rings. The minimum atomic E-state index is 0.309. The normalized spacial score (nSPS) is 27.6. The van der Waals surface area contributed by atoms with Crippen LogP contribution in [-0.4, -0.2) is 12.1 Å². The van der Waals surface area contributed by atoms with Gasteiger partial charge in [0.15, 0.2) is 0 Å². The lowest BCUT2D eigenvalue weighted by atomic mass is 9.91. The van der Waals surface area contributed by atoms with Gasteiger partial charge in [0, 0.05) is 21.3 Å². The first-order valence-electron chi connectivity index (χ1n) is 5.67. The van der Waals surface area contributed by atoms with Gasteiger partial charge in [0.2, 0.25) is 0 Å². The van der Waals surface area contributed by atoms with Crippen LogP contribution in [-0.2, 0) is 6.42 Å². The van der Waals surface area contributed by atoms with Crippen LogP contribution in [0.25, 0.3) is 0 Å². The van der Waals surface area contributed by atoms with Gasteiger partial charge in [-0.1, -0.05) is 12.8 Å². The Morgan fingerprint density at radius 3 is 3.07 bits per heavy atom. The van der Waals surface area contributed by atoms with Crippen molar-refractivity contribution < 1.29 is 0 Å². The van der Waals surface area contributed by atoms with E-state index in [0.29, 0.717) is 5.54 Å². The monoisotopic (exact) mass is 287 g/mol. The fourth-order valence-electron chi connectivity index (χ4n) is 2.25. The van der Waals surface area contributed by atoms with E-state index in [9.17, 15) is 0 Å². The molecule has 1 aliphatic heterocycles. The molecule has 15 heavy (non-hydrogen) atoms. The Labute approximate surface area is 104 Å². The number of thiophene rings is 1. The van der Waals surface area contributed by atoms with Crippen LogP contribution < -0.4 is 5.32 Å². The molecule has 1 nitrogen and oxygen atoms in total. The van der Waals surface area contributed by atoms with E-state index in [4.69, 9.17) is 0 Å². The second-order valence-electron chi connectivity index (χ2n) is 4.67. The summed E-state index contributed by atoms with van der Waals surface area (Å²) in [6.07, 6.45) is 6.55. The molecule has 1 N–H and O–H groups in total. The Morgan fingerprint density at radius 2 is 2.33 bits per heavy atom. The third-order valence-electron chi connectivity index (χ3n) is 3.20. The molecule has 0 amide bonds. The Kier molecular flexibility index (Phi) is 3.86. The summed E-state index contributed by atoms with van der Waals surface area (Å²) < 4.78 is 1.28. The summed E-state index contributed by atoms with van der Waals surface area (Å²) in [5, 5.41) is 5.88. The van der Waals surface area contributed by atoms with Gasteiger partial charge in [-0.05, 0) is 53.7 Å². The minimum absolute atomic E-state index is 0.309. The van der Waals surface area contributed by atoms with Crippen molar-refractivity contribution in [3.8, 4) is 0 Å². The van der Waals surface area contributed by atoms with Crippen LogP contribution in [0.3, 0.4) is 0 Å². The zero-order valence-electron chi connectivity index (χ0n) is 9.18. The minimum Gasteiger partial charge on any atom is -0.311 e. The molecule has 2 rings (SSSR count). The number of halogens is 1. The van der Waals surface area contributed by atoms with Gasteiger partial charge in [-0.15, -0.1) is 11.3 Å². The predicted molar refractivity (Wildman–Crippen MR) is 70.6 cm³/mol. The molecule has 84 valence electrons. The summed E-state index contributed by atoms with van der Waals surface area (Å²) in [6, 6.07) is 2.15. The van der Waals surface area contributed by atoms with Crippen LogP contribution in [0.5, 0.6) is 0 Å². The summed E-state index contributed by atoms with van der Waals surface area (Å²) in [6.45, 7) is 3.55. The van der Waals surface area contributed by atoms with Crippen molar-refractivity contribution >= 4 is 27.3 Å². The summed E-state index contributed by atoms with van der Waals surface area (Å²) in [4.78, 5) is 1.48. The van der Waals surface area contributed by atoms with Gasteiger partial charge in [-0.3, -0.25) is 0 Å². The zero-order chi connectivity index (χ0) is 10.7. The lowest BCUT2D eigenvalue weighted by Gasteiger charge is -2.29. The van der Waals surface area contributed by atoms with Crippen LogP contribution in [0.2, 0.25) is 0 Å². The highest BCUT2D eigenvalue weighted by atomic mass is 79.9. The van der Waals surface area contributed by atoms with Crippen LogP contribution in [0.1, 0.15) is 37.5 Å². The van der Waals surface area contributed by atoms with Crippen LogP contribution >= 0.6 is 27.3 Å². The average molecular weight is 288 g/mol. The maximum absolute atomic E-state index is 3.71. The molecule has 0 spiro atoms. The zero-order valence-corrected chi connectivity index (χ0v) is 11.6. The lowest BCUT2D eigenvalue weighted by molar-refractivity contribution is 0.347. The van der Waals surface area contributed by atoms with Gasteiger partial charge in [0.25, 0.3) is 0 Å². The smallest absolute Gasteiger partial charge is 0.0315 e. The summed E-state index contributed by atoms with van der Waals surface area (Å²) >= 11 is 5.48. The molecule has 1 aromatic rings. The number of nitrogens with one attached hydrogen (secondary N) is 1. The van der Waals surface area contributed by atoms with Crippen LogP contribution in [0.15, 0.2) is 15.9 Å². The highest BCUT2D eigenvalue weighted by Crippen LogP contribution is 2.30. The molecule has 0 aliphatic carbocycles. The van der Waals surface area contributed by atoms with E-state index in [0.717, 1.165) is 6.42 Å². The molecular formula is C12H18BrNS. The van der Waals surface area contributed by atoms with E-state index in [2.05, 4.69) is 39.6 Å². The van der Waals surface area contributed by atoms with E-state index in [1.54, 1.807) is 0 Å². The molecule has 0 bridgehead atoms. The Morgan fingerprint density at radius 1 is 1.47 bits per heavy atom. The highest BCUT2D eigenvalue weighted by molar-refractivity contribution is 9.10. The first-order valence-corrected chi connectivity index (χ1v) is 7.34. The summed E-state index contributed by atoms with van der Waals surface area (Å²) in [5.41, 5.74) is 0.309. The molecule has 0 radical (unpaired) electrons. The van der Waals surface area contributed by atoms with Crippen LogP contribution in [0, 0.1) is 0 Å². The molecule has 3 heteroatoms. The van der Waals surface area contributed by atoms with Gasteiger partial charge in [0.05, 0.1) is 0 Å². The molecule has 2 heterocycles. The Balaban J connectivity index is 2.05. The Bertz CT molecular complexity index is 313. The standard InChI is InChI=1S/C12H18BrNS/c1-12(6-3-2-4-7-14-12)9-11-10(13)5-8-15-11/h5,8,14H,2-4,6-7,9H2,1H3. The summed E-state index contributed by atoms with van der Waals surface area (Å²) in [5.74, 6) is 0. The van der Waals surface area contributed by atoms with Gasteiger partial charge in [0.1, 0.15) is 0 Å². The van der Waals surface area contributed by atoms with Crippen molar-refractivity contribution in [2.75, 3.05) is 6.54 Å². The second-order valence-corrected chi connectivity index (χ2v) is 6.52. The van der Waals surface area contributed by atoms with Gasteiger partial charge < -0.3 is 5.32 Å². The molecule has 0 aromatic carbocycles. The van der Waals surface area contributed by atoms with Crippen molar-refractivity contribution in [1.82, 2.24) is 5.32 Å². The predicted octanol–water partition coefficient (Wildman–Crippen LogP) is 3.98. The average Bonchev–Trinajstić information content (AvgIpc) is 2.48. The van der Waals surface area contributed by atoms with E-state index in [1.807, 2.05) is 11.3 Å². The van der Waals surface area contributed by atoms with E-state index < -0.39 is 0 Å². The largest absolute Gasteiger partial charge is 0.311 e. The van der Waals surface area contributed by atoms with Gasteiger partial charge >= 0.3 is 0 Å². The molecule has 1 aromatic heterocycles. The fraction of sp³-hybridized carbons (Fsp3) is 0.667. The molecule has 1 saturated heterocycles. The topological polar surface area (TPSA) is 12.0 Å². The first kappa shape index (κ1) is 11.6. The maximum Gasteiger partial charge on any atom is 0.0315 e. The second kappa shape index (κ2) is 4.98. The molecular weight excluding hydrogens is 270 g/mol. The van der Waals surface area contributed by atoms with Crippen molar-refractivity contribution in [3.05, 3.63) is 20.8 Å². The molecule has 1 unspecified atom stereocenters. The first-order chi connectivity index (χ1) is 7.20. The van der Waals surface area contributed by atoms with Crippen LogP contribution in [0.4, 0.5) is 0 Å². The van der Waals surface area contributed by atoms with Gasteiger partial charge in [-0.2, -0.15) is 0 Å². The van der Waals surface area contributed by atoms with Crippen molar-refractivity contribution in [2.45, 2.75) is 44.6 Å². The molecule has 0 saturated carbocycles.